The fourth-order valence-electron chi connectivity index (χ4n) is 1.37. The molecule has 2 atom stereocenters. The molecule has 0 spiro atoms. The third-order valence-corrected chi connectivity index (χ3v) is 2.99. The Morgan fingerprint density at radius 1 is 1.44 bits per heavy atom. The largest absolute Gasteiger partial charge is 0.481 e. The van der Waals surface area contributed by atoms with Gasteiger partial charge in [-0.25, -0.2) is 0 Å². The minimum atomic E-state index is -0.650. The third kappa shape index (κ3) is 0.590. The molecule has 1 aliphatic carbocycles. The van der Waals surface area contributed by atoms with Gasteiger partial charge in [-0.15, -0.1) is 0 Å². The van der Waals surface area contributed by atoms with Crippen LogP contribution >= 0.6 is 0 Å². The van der Waals surface area contributed by atoms with Crippen LogP contribution in [0.4, 0.5) is 0 Å². The summed E-state index contributed by atoms with van der Waals surface area (Å²) < 4.78 is 0. The molecule has 52 valence electrons. The predicted octanol–water partition coefficient (Wildman–Crippen LogP) is 1.36. The molecule has 1 N–H and O–H groups in total. The second-order valence-corrected chi connectivity index (χ2v) is 3.17. The predicted molar refractivity (Wildman–Crippen MR) is 34.1 cm³/mol. The van der Waals surface area contributed by atoms with Crippen molar-refractivity contribution in [2.45, 2.75) is 20.8 Å². The van der Waals surface area contributed by atoms with Gasteiger partial charge in [-0.2, -0.15) is 0 Å². The van der Waals surface area contributed by atoms with Crippen molar-refractivity contribution in [1.82, 2.24) is 0 Å². The van der Waals surface area contributed by atoms with E-state index in [9.17, 15) is 4.79 Å². The molecule has 1 rings (SSSR count). The molecule has 2 heteroatoms. The summed E-state index contributed by atoms with van der Waals surface area (Å²) >= 11 is 0. The minimum absolute atomic E-state index is 0.356. The highest BCUT2D eigenvalue weighted by molar-refractivity contribution is 5.78. The average molecular weight is 128 g/mol. The Hall–Kier alpha value is -0.530. The fourth-order valence-corrected chi connectivity index (χ4v) is 1.37. The summed E-state index contributed by atoms with van der Waals surface area (Å²) in [6.45, 7) is 5.78. The van der Waals surface area contributed by atoms with E-state index in [1.807, 2.05) is 20.8 Å². The van der Waals surface area contributed by atoms with Crippen LogP contribution in [0.15, 0.2) is 0 Å². The molecular weight excluding hydrogens is 116 g/mol. The quantitative estimate of drug-likeness (QED) is 0.579. The van der Waals surface area contributed by atoms with Gasteiger partial charge >= 0.3 is 5.97 Å². The first kappa shape index (κ1) is 6.59. The zero-order valence-electron chi connectivity index (χ0n) is 6.01. The first-order valence-corrected chi connectivity index (χ1v) is 3.24. The zero-order valence-corrected chi connectivity index (χ0v) is 6.01. The summed E-state index contributed by atoms with van der Waals surface area (Å²) in [6, 6.07) is 0. The Morgan fingerprint density at radius 3 is 1.78 bits per heavy atom. The summed E-state index contributed by atoms with van der Waals surface area (Å²) in [6.07, 6.45) is 0. The number of carboxylic acids is 1. The van der Waals surface area contributed by atoms with Gasteiger partial charge in [0.2, 0.25) is 0 Å². The highest BCUT2D eigenvalue weighted by atomic mass is 16.4. The molecule has 1 aliphatic rings. The van der Waals surface area contributed by atoms with Crippen LogP contribution in [-0.4, -0.2) is 11.1 Å². The van der Waals surface area contributed by atoms with E-state index in [1.165, 1.54) is 0 Å². The molecule has 0 aromatic carbocycles. The molecule has 0 amide bonds. The standard InChI is InChI=1S/C7H12O2/c1-4-5(2)7(4,3)6(8)9/h4-5H,1-3H3,(H,8,9)/t4-,5-/m1/s1. The maximum Gasteiger partial charge on any atom is 0.309 e. The second-order valence-electron chi connectivity index (χ2n) is 3.17. The normalized spacial score (nSPS) is 48.8. The van der Waals surface area contributed by atoms with E-state index in [2.05, 4.69) is 0 Å². The van der Waals surface area contributed by atoms with Crippen molar-refractivity contribution in [2.75, 3.05) is 0 Å². The van der Waals surface area contributed by atoms with Gasteiger partial charge in [0.1, 0.15) is 0 Å². The van der Waals surface area contributed by atoms with Gasteiger partial charge in [-0.3, -0.25) is 4.79 Å². The molecule has 0 aromatic rings. The van der Waals surface area contributed by atoms with E-state index in [1.54, 1.807) is 0 Å². The number of rotatable bonds is 1. The molecule has 1 saturated carbocycles. The Kier molecular flexibility index (Phi) is 1.09. The van der Waals surface area contributed by atoms with Crippen LogP contribution in [0.5, 0.6) is 0 Å². The lowest BCUT2D eigenvalue weighted by atomic mass is 10.1. The molecule has 0 bridgehead atoms. The van der Waals surface area contributed by atoms with Gasteiger partial charge in [-0.05, 0) is 18.8 Å². The Morgan fingerprint density at radius 2 is 1.78 bits per heavy atom. The number of carboxylic acid groups (broad SMARTS) is 1. The van der Waals surface area contributed by atoms with Crippen molar-refractivity contribution in [3.8, 4) is 0 Å². The molecule has 1 fully saturated rings. The van der Waals surface area contributed by atoms with Crippen LogP contribution in [0.2, 0.25) is 0 Å². The molecule has 0 unspecified atom stereocenters. The van der Waals surface area contributed by atoms with E-state index in [-0.39, 0.29) is 0 Å². The topological polar surface area (TPSA) is 37.3 Å². The van der Waals surface area contributed by atoms with Crippen LogP contribution in [0, 0.1) is 17.3 Å². The van der Waals surface area contributed by atoms with Gasteiger partial charge in [0.05, 0.1) is 5.41 Å². The van der Waals surface area contributed by atoms with Gasteiger partial charge in [0.15, 0.2) is 0 Å². The fraction of sp³-hybridized carbons (Fsp3) is 0.857. The van der Waals surface area contributed by atoms with Crippen LogP contribution in [0.1, 0.15) is 20.8 Å². The Labute approximate surface area is 54.9 Å². The smallest absolute Gasteiger partial charge is 0.309 e. The lowest BCUT2D eigenvalue weighted by molar-refractivity contribution is -0.143. The summed E-state index contributed by atoms with van der Waals surface area (Å²) in [5.41, 5.74) is -0.417. The average Bonchev–Trinajstić information content (AvgIpc) is 2.22. The second kappa shape index (κ2) is 1.49. The van der Waals surface area contributed by atoms with E-state index in [0.717, 1.165) is 0 Å². The summed E-state index contributed by atoms with van der Waals surface area (Å²) in [7, 11) is 0. The van der Waals surface area contributed by atoms with Crippen LogP contribution < -0.4 is 0 Å². The molecule has 9 heavy (non-hydrogen) atoms. The maximum atomic E-state index is 10.5. The van der Waals surface area contributed by atoms with Crippen molar-refractivity contribution in [3.63, 3.8) is 0 Å². The van der Waals surface area contributed by atoms with Crippen molar-refractivity contribution < 1.29 is 9.90 Å². The molecule has 2 nitrogen and oxygen atoms in total. The van der Waals surface area contributed by atoms with E-state index in [4.69, 9.17) is 5.11 Å². The molecule has 0 heterocycles. The third-order valence-electron chi connectivity index (χ3n) is 2.99. The Bertz CT molecular complexity index is 143. The molecular formula is C7H12O2. The molecule has 0 radical (unpaired) electrons. The van der Waals surface area contributed by atoms with Crippen molar-refractivity contribution in [3.05, 3.63) is 0 Å². The minimum Gasteiger partial charge on any atom is -0.481 e. The van der Waals surface area contributed by atoms with Crippen molar-refractivity contribution in [1.29, 1.82) is 0 Å². The number of carbonyl (C=O) groups is 1. The van der Waals surface area contributed by atoms with E-state index in [0.29, 0.717) is 11.8 Å². The number of hydrogen-bond acceptors (Lipinski definition) is 1. The van der Waals surface area contributed by atoms with Gasteiger partial charge in [0.25, 0.3) is 0 Å². The molecule has 0 aromatic heterocycles. The van der Waals surface area contributed by atoms with Crippen LogP contribution in [0.3, 0.4) is 0 Å². The van der Waals surface area contributed by atoms with E-state index < -0.39 is 11.4 Å². The molecule has 0 aliphatic heterocycles. The van der Waals surface area contributed by atoms with Crippen molar-refractivity contribution in [2.24, 2.45) is 17.3 Å². The number of aliphatic carboxylic acids is 1. The van der Waals surface area contributed by atoms with Gasteiger partial charge < -0.3 is 5.11 Å². The maximum absolute atomic E-state index is 10.5. The highest BCUT2D eigenvalue weighted by Gasteiger charge is 2.61. The van der Waals surface area contributed by atoms with Crippen LogP contribution in [-0.2, 0) is 4.79 Å². The SMILES string of the molecule is C[C@@H]1[C@@H](C)C1(C)C(=O)O. The summed E-state index contributed by atoms with van der Waals surface area (Å²) in [5.74, 6) is 0.0625. The summed E-state index contributed by atoms with van der Waals surface area (Å²) in [4.78, 5) is 10.5. The van der Waals surface area contributed by atoms with E-state index >= 15 is 0 Å². The first-order valence-electron chi connectivity index (χ1n) is 3.24. The van der Waals surface area contributed by atoms with Crippen LogP contribution in [0.25, 0.3) is 0 Å². The number of hydrogen-bond donors (Lipinski definition) is 1. The summed E-state index contributed by atoms with van der Waals surface area (Å²) in [5, 5.41) is 8.65. The lowest BCUT2D eigenvalue weighted by Gasteiger charge is -1.99. The monoisotopic (exact) mass is 128 g/mol. The zero-order chi connectivity index (χ0) is 7.23. The Balaban J connectivity index is 2.71. The van der Waals surface area contributed by atoms with Crippen molar-refractivity contribution >= 4 is 5.97 Å². The van der Waals surface area contributed by atoms with Gasteiger partial charge in [-0.1, -0.05) is 13.8 Å². The molecule has 0 saturated heterocycles. The first-order chi connectivity index (χ1) is 4.01. The lowest BCUT2D eigenvalue weighted by Crippen LogP contribution is -2.13. The highest BCUT2D eigenvalue weighted by Crippen LogP contribution is 2.57. The van der Waals surface area contributed by atoms with Gasteiger partial charge in [0, 0.05) is 0 Å².